The van der Waals surface area contributed by atoms with Crippen molar-refractivity contribution in [3.05, 3.63) is 46.6 Å². The summed E-state index contributed by atoms with van der Waals surface area (Å²) in [5.74, 6) is 0.662. The van der Waals surface area contributed by atoms with Crippen LogP contribution in [0.2, 0.25) is 0 Å². The summed E-state index contributed by atoms with van der Waals surface area (Å²) in [6, 6.07) is 6.58. The minimum Gasteiger partial charge on any atom is -0.508 e. The molecule has 96 valence electrons. The zero-order valence-corrected chi connectivity index (χ0v) is 10.9. The maximum atomic E-state index is 12.0. The first-order chi connectivity index (χ1) is 9.06. The Balaban J connectivity index is 2.25. The number of phenolic OH excluding ortho intramolecular Hbond substituents is 1. The summed E-state index contributed by atoms with van der Waals surface area (Å²) in [5.41, 5.74) is 1.30. The third-order valence-corrected chi connectivity index (χ3v) is 3.26. The number of imidazole rings is 1. The molecule has 1 N–H and O–H groups in total. The second-order valence-corrected chi connectivity index (χ2v) is 4.51. The number of rotatable bonds is 1. The Labute approximate surface area is 113 Å². The number of aryl methyl sites for hydroxylation is 1. The number of thiol groups is 1. The van der Waals surface area contributed by atoms with Crippen molar-refractivity contribution in [2.75, 3.05) is 0 Å². The molecule has 0 aliphatic rings. The molecule has 2 aromatic heterocycles. The molecule has 3 aromatic rings. The summed E-state index contributed by atoms with van der Waals surface area (Å²) < 4.78 is 2.59. The number of fused-ring (bicyclic) bond motifs is 1. The third-order valence-electron chi connectivity index (χ3n) is 2.79. The van der Waals surface area contributed by atoms with Crippen LogP contribution in [0.25, 0.3) is 16.9 Å². The molecule has 6 nitrogen and oxygen atoms in total. The Kier molecular flexibility index (Phi) is 2.56. The van der Waals surface area contributed by atoms with E-state index in [1.165, 1.54) is 4.52 Å². The largest absolute Gasteiger partial charge is 0.508 e. The Morgan fingerprint density at radius 2 is 1.95 bits per heavy atom. The van der Waals surface area contributed by atoms with Crippen LogP contribution in [0, 0.1) is 6.92 Å². The predicted molar refractivity (Wildman–Crippen MR) is 73.5 cm³/mol. The minimum absolute atomic E-state index is 0.180. The van der Waals surface area contributed by atoms with Crippen LogP contribution in [-0.4, -0.2) is 23.7 Å². The highest BCUT2D eigenvalue weighted by Crippen LogP contribution is 2.20. The molecule has 1 aromatic carbocycles. The van der Waals surface area contributed by atoms with Gasteiger partial charge >= 0.3 is 5.56 Å². The average molecular weight is 274 g/mol. The van der Waals surface area contributed by atoms with Crippen LogP contribution in [0.4, 0.5) is 0 Å². The van der Waals surface area contributed by atoms with E-state index in [1.807, 2.05) is 0 Å². The van der Waals surface area contributed by atoms with E-state index in [2.05, 4.69) is 22.9 Å². The van der Waals surface area contributed by atoms with Gasteiger partial charge in [0.05, 0.1) is 11.9 Å². The van der Waals surface area contributed by atoms with Gasteiger partial charge in [-0.1, -0.05) is 12.8 Å². The summed E-state index contributed by atoms with van der Waals surface area (Å²) in [4.78, 5) is 16.2. The Hall–Kier alpha value is -2.28. The number of aromatic hydroxyl groups is 1. The van der Waals surface area contributed by atoms with E-state index in [-0.39, 0.29) is 17.0 Å². The van der Waals surface area contributed by atoms with Crippen LogP contribution in [-0.2, 0) is 0 Å². The molecule has 0 saturated heterocycles. The van der Waals surface area contributed by atoms with Crippen molar-refractivity contribution in [3.8, 4) is 17.0 Å². The lowest BCUT2D eigenvalue weighted by Gasteiger charge is -1.99. The van der Waals surface area contributed by atoms with E-state index in [4.69, 9.17) is 0 Å². The van der Waals surface area contributed by atoms with Gasteiger partial charge in [-0.25, -0.2) is 13.5 Å². The number of benzene rings is 1. The van der Waals surface area contributed by atoms with Crippen LogP contribution in [0.15, 0.2) is 35.3 Å². The van der Waals surface area contributed by atoms with Crippen molar-refractivity contribution in [3.63, 3.8) is 0 Å². The normalized spacial score (nSPS) is 11.1. The number of hydrogen-bond acceptors (Lipinski definition) is 5. The summed E-state index contributed by atoms with van der Waals surface area (Å²) in [5, 5.41) is 13.4. The molecule has 0 saturated carbocycles. The third kappa shape index (κ3) is 1.88. The summed E-state index contributed by atoms with van der Waals surface area (Å²) in [7, 11) is 0. The first-order valence-corrected chi connectivity index (χ1v) is 5.94. The molecule has 0 radical (unpaired) electrons. The molecule has 0 fully saturated rings. The fraction of sp³-hybridized carbons (Fsp3) is 0.0833. The topological polar surface area (TPSA) is 72.4 Å². The summed E-state index contributed by atoms with van der Waals surface area (Å²) in [6.45, 7) is 1.69. The van der Waals surface area contributed by atoms with Crippen LogP contribution >= 0.6 is 12.8 Å². The quantitative estimate of drug-likeness (QED) is 0.655. The molecule has 0 aliphatic carbocycles. The number of hydrogen-bond donors (Lipinski definition) is 2. The zero-order chi connectivity index (χ0) is 13.6. The van der Waals surface area contributed by atoms with Crippen molar-refractivity contribution in [2.24, 2.45) is 0 Å². The van der Waals surface area contributed by atoms with Crippen LogP contribution in [0.5, 0.6) is 5.75 Å². The van der Waals surface area contributed by atoms with E-state index in [1.54, 1.807) is 37.4 Å². The first kappa shape index (κ1) is 11.8. The van der Waals surface area contributed by atoms with Crippen molar-refractivity contribution in [1.29, 1.82) is 0 Å². The monoisotopic (exact) mass is 274 g/mol. The highest BCUT2D eigenvalue weighted by atomic mass is 32.1. The van der Waals surface area contributed by atoms with Gasteiger partial charge < -0.3 is 5.11 Å². The smallest absolute Gasteiger partial charge is 0.307 e. The van der Waals surface area contributed by atoms with Gasteiger partial charge in [-0.2, -0.15) is 5.10 Å². The number of aromatic nitrogens is 4. The van der Waals surface area contributed by atoms with Crippen LogP contribution < -0.4 is 5.56 Å². The van der Waals surface area contributed by atoms with Crippen molar-refractivity contribution in [2.45, 2.75) is 6.92 Å². The number of phenols is 1. The van der Waals surface area contributed by atoms with Crippen LogP contribution in [0.3, 0.4) is 0 Å². The summed E-state index contributed by atoms with van der Waals surface area (Å²) >= 11 is 4.05. The van der Waals surface area contributed by atoms with Gasteiger partial charge in [0, 0.05) is 5.56 Å². The molecule has 19 heavy (non-hydrogen) atoms. The SMILES string of the molecule is Cc1nn2cc(-c3ccc(O)cc3)nc2c(=O)n1S. The number of nitrogens with zero attached hydrogens (tertiary/aromatic N) is 4. The van der Waals surface area contributed by atoms with Crippen molar-refractivity contribution < 1.29 is 5.11 Å². The molecule has 0 aliphatic heterocycles. The van der Waals surface area contributed by atoms with E-state index in [9.17, 15) is 9.90 Å². The molecule has 0 atom stereocenters. The Bertz CT molecular complexity index is 820. The standard InChI is InChI=1S/C12H10N4O2S/c1-7-14-15-6-10(8-2-4-9(17)5-3-8)13-11(15)12(18)16(7)19/h2-6,17,19H,1H3. The highest BCUT2D eigenvalue weighted by Gasteiger charge is 2.11. The van der Waals surface area contributed by atoms with Crippen LogP contribution in [0.1, 0.15) is 5.82 Å². The maximum Gasteiger partial charge on any atom is 0.307 e. The Morgan fingerprint density at radius 3 is 2.63 bits per heavy atom. The minimum atomic E-state index is -0.319. The van der Waals surface area contributed by atoms with Gasteiger partial charge in [0.1, 0.15) is 11.6 Å². The van der Waals surface area contributed by atoms with Gasteiger partial charge in [0.25, 0.3) is 0 Å². The molecule has 0 amide bonds. The predicted octanol–water partition coefficient (Wildman–Crippen LogP) is 1.26. The van der Waals surface area contributed by atoms with E-state index in [0.717, 1.165) is 9.54 Å². The lowest BCUT2D eigenvalue weighted by molar-refractivity contribution is 0.475. The van der Waals surface area contributed by atoms with Gasteiger partial charge in [0.2, 0.25) is 5.65 Å². The fourth-order valence-electron chi connectivity index (χ4n) is 1.80. The molecular weight excluding hydrogens is 264 g/mol. The average Bonchev–Trinajstić information content (AvgIpc) is 2.81. The summed E-state index contributed by atoms with van der Waals surface area (Å²) in [6.07, 6.45) is 1.67. The van der Waals surface area contributed by atoms with Crippen molar-refractivity contribution in [1.82, 2.24) is 18.6 Å². The zero-order valence-electron chi connectivity index (χ0n) is 9.98. The molecule has 0 spiro atoms. The van der Waals surface area contributed by atoms with Crippen molar-refractivity contribution >= 4 is 18.5 Å². The van der Waals surface area contributed by atoms with E-state index >= 15 is 0 Å². The van der Waals surface area contributed by atoms with E-state index in [0.29, 0.717) is 11.5 Å². The Morgan fingerprint density at radius 1 is 1.26 bits per heavy atom. The lowest BCUT2D eigenvalue weighted by Crippen LogP contribution is -2.20. The molecular formula is C12H10N4O2S. The van der Waals surface area contributed by atoms with Gasteiger partial charge in [0.15, 0.2) is 0 Å². The maximum absolute atomic E-state index is 12.0. The highest BCUT2D eigenvalue weighted by molar-refractivity contribution is 7.78. The lowest BCUT2D eigenvalue weighted by atomic mass is 10.2. The molecule has 0 unspecified atom stereocenters. The second kappa shape index (κ2) is 4.13. The molecule has 7 heteroatoms. The first-order valence-electron chi connectivity index (χ1n) is 5.54. The van der Waals surface area contributed by atoms with E-state index < -0.39 is 0 Å². The van der Waals surface area contributed by atoms with Gasteiger partial charge in [-0.15, -0.1) is 0 Å². The van der Waals surface area contributed by atoms with Gasteiger partial charge in [-0.3, -0.25) is 4.79 Å². The molecule has 2 heterocycles. The molecule has 3 rings (SSSR count). The fourth-order valence-corrected chi connectivity index (χ4v) is 1.93. The van der Waals surface area contributed by atoms with Gasteiger partial charge in [-0.05, 0) is 31.2 Å². The molecule has 0 bridgehead atoms. The second-order valence-electron chi connectivity index (χ2n) is 4.11.